The number of aryl methyl sites for hydroxylation is 1. The van der Waals surface area contributed by atoms with Crippen LogP contribution in [-0.2, 0) is 6.42 Å². The summed E-state index contributed by atoms with van der Waals surface area (Å²) in [5.41, 5.74) is 1.80. The van der Waals surface area contributed by atoms with Crippen LogP contribution in [0.5, 0.6) is 5.75 Å². The molecule has 0 N–H and O–H groups in total. The molecule has 0 bridgehead atoms. The van der Waals surface area contributed by atoms with Crippen molar-refractivity contribution < 1.29 is 9.22 Å². The van der Waals surface area contributed by atoms with Crippen LogP contribution in [0.3, 0.4) is 0 Å². The summed E-state index contributed by atoms with van der Waals surface area (Å²) < 4.78 is 6.94. The highest BCUT2D eigenvalue weighted by Crippen LogP contribution is 2.35. The largest absolute Gasteiger partial charge is 0.494 e. The minimum absolute atomic E-state index is 0.355. The zero-order valence-corrected chi connectivity index (χ0v) is 21.3. The molecule has 0 aliphatic heterocycles. The highest BCUT2D eigenvalue weighted by Gasteiger charge is 2.43. The molecule has 174 valence electrons. The maximum absolute atomic E-state index is 5.62. The summed E-state index contributed by atoms with van der Waals surface area (Å²) >= 11 is 0. The maximum Gasteiger partial charge on any atom is 0.119 e. The van der Waals surface area contributed by atoms with Crippen molar-refractivity contribution in [3.63, 3.8) is 0 Å². The standard InChI is InChI=1S/C28H52NO/c1-7-12-13-14-15-16-25-29(23-8-2,24-9-3)28(6,10-4)22-21-26-17-19-27(20-18-26)30-11-5/h17-20H,7-16,21-25H2,1-6H3/q+1. The second kappa shape index (κ2) is 14.9. The number of quaternary nitrogens is 1. The first-order valence-corrected chi connectivity index (χ1v) is 13.1. The van der Waals surface area contributed by atoms with Crippen molar-refractivity contribution in [1.29, 1.82) is 0 Å². The molecule has 1 rings (SSSR count). The Bertz CT molecular complexity index is 532. The Morgan fingerprint density at radius 2 is 1.33 bits per heavy atom. The van der Waals surface area contributed by atoms with Gasteiger partial charge in [0.25, 0.3) is 0 Å². The van der Waals surface area contributed by atoms with Crippen LogP contribution in [-0.4, -0.2) is 36.3 Å². The second-order valence-electron chi connectivity index (χ2n) is 9.51. The lowest BCUT2D eigenvalue weighted by molar-refractivity contribution is -0.975. The van der Waals surface area contributed by atoms with Gasteiger partial charge in [-0.1, -0.05) is 65.5 Å². The number of unbranched alkanes of at least 4 members (excludes halogenated alkanes) is 5. The summed E-state index contributed by atoms with van der Waals surface area (Å²) in [5, 5.41) is 0. The fraction of sp³-hybridized carbons (Fsp3) is 0.786. The van der Waals surface area contributed by atoms with E-state index in [0.717, 1.165) is 12.4 Å². The highest BCUT2D eigenvalue weighted by molar-refractivity contribution is 5.27. The SMILES string of the molecule is CCCCCCCC[N+](CCC)(CCC)C(C)(CC)CCc1ccc(OCC)cc1. The van der Waals surface area contributed by atoms with Crippen molar-refractivity contribution in [2.24, 2.45) is 0 Å². The zero-order valence-electron chi connectivity index (χ0n) is 21.3. The van der Waals surface area contributed by atoms with Crippen LogP contribution in [0.15, 0.2) is 24.3 Å². The highest BCUT2D eigenvalue weighted by atomic mass is 16.5. The van der Waals surface area contributed by atoms with Crippen LogP contribution in [0.25, 0.3) is 0 Å². The van der Waals surface area contributed by atoms with Gasteiger partial charge in [0.05, 0.1) is 31.8 Å². The number of hydrogen-bond acceptors (Lipinski definition) is 1. The molecule has 30 heavy (non-hydrogen) atoms. The number of benzene rings is 1. The first-order valence-electron chi connectivity index (χ1n) is 13.1. The van der Waals surface area contributed by atoms with Crippen LogP contribution in [0.2, 0.25) is 0 Å². The maximum atomic E-state index is 5.62. The Labute approximate surface area is 189 Å². The van der Waals surface area contributed by atoms with Crippen molar-refractivity contribution in [2.45, 2.75) is 118 Å². The predicted octanol–water partition coefficient (Wildman–Crippen LogP) is 8.18. The molecule has 2 nitrogen and oxygen atoms in total. The zero-order chi connectivity index (χ0) is 22.3. The summed E-state index contributed by atoms with van der Waals surface area (Å²) in [6, 6.07) is 8.81. The van der Waals surface area contributed by atoms with E-state index in [0.29, 0.717) is 5.54 Å². The lowest BCUT2D eigenvalue weighted by atomic mass is 9.84. The molecule has 0 amide bonds. The fourth-order valence-corrected chi connectivity index (χ4v) is 5.28. The summed E-state index contributed by atoms with van der Waals surface area (Å²) in [4.78, 5) is 0. The average molecular weight is 419 g/mol. The molecule has 0 radical (unpaired) electrons. The molecular weight excluding hydrogens is 366 g/mol. The monoisotopic (exact) mass is 418 g/mol. The Hall–Kier alpha value is -1.02. The van der Waals surface area contributed by atoms with Gasteiger partial charge in [-0.25, -0.2) is 0 Å². The number of hydrogen-bond donors (Lipinski definition) is 0. The molecule has 0 saturated carbocycles. The molecule has 1 unspecified atom stereocenters. The third-order valence-corrected chi connectivity index (χ3v) is 7.34. The van der Waals surface area contributed by atoms with Gasteiger partial charge in [0.15, 0.2) is 0 Å². The second-order valence-corrected chi connectivity index (χ2v) is 9.51. The predicted molar refractivity (Wildman–Crippen MR) is 133 cm³/mol. The lowest BCUT2D eigenvalue weighted by Crippen LogP contribution is -2.64. The minimum Gasteiger partial charge on any atom is -0.494 e. The molecule has 0 fully saturated rings. The van der Waals surface area contributed by atoms with E-state index in [1.807, 2.05) is 6.92 Å². The molecule has 1 aromatic carbocycles. The van der Waals surface area contributed by atoms with Gasteiger partial charge in [-0.2, -0.15) is 0 Å². The molecule has 0 heterocycles. The Morgan fingerprint density at radius 3 is 1.87 bits per heavy atom. The number of nitrogens with zero attached hydrogens (tertiary/aromatic N) is 1. The van der Waals surface area contributed by atoms with Crippen LogP contribution in [0, 0.1) is 0 Å². The quantitative estimate of drug-likeness (QED) is 0.172. The molecule has 0 aromatic heterocycles. The fourth-order valence-electron chi connectivity index (χ4n) is 5.28. The lowest BCUT2D eigenvalue weighted by Gasteiger charge is -2.52. The smallest absolute Gasteiger partial charge is 0.119 e. The molecule has 0 aliphatic carbocycles. The van der Waals surface area contributed by atoms with E-state index in [1.54, 1.807) is 0 Å². The van der Waals surface area contributed by atoms with Gasteiger partial charge in [0.1, 0.15) is 5.75 Å². The third kappa shape index (κ3) is 8.25. The van der Waals surface area contributed by atoms with Crippen molar-refractivity contribution in [1.82, 2.24) is 0 Å². The Balaban J connectivity index is 2.86. The molecule has 1 aromatic rings. The third-order valence-electron chi connectivity index (χ3n) is 7.34. The van der Waals surface area contributed by atoms with Crippen molar-refractivity contribution in [3.8, 4) is 5.75 Å². The number of rotatable bonds is 18. The van der Waals surface area contributed by atoms with Crippen molar-refractivity contribution in [3.05, 3.63) is 29.8 Å². The van der Waals surface area contributed by atoms with Crippen molar-refractivity contribution >= 4 is 0 Å². The molecule has 0 saturated heterocycles. The topological polar surface area (TPSA) is 9.23 Å². The van der Waals surface area contributed by atoms with Gasteiger partial charge < -0.3 is 9.22 Å². The molecule has 0 aliphatic rings. The van der Waals surface area contributed by atoms with E-state index in [4.69, 9.17) is 4.74 Å². The van der Waals surface area contributed by atoms with E-state index in [1.165, 1.54) is 100 Å². The van der Waals surface area contributed by atoms with Gasteiger partial charge >= 0.3 is 0 Å². The van der Waals surface area contributed by atoms with Crippen LogP contribution in [0.1, 0.15) is 111 Å². The van der Waals surface area contributed by atoms with Gasteiger partial charge in [0.2, 0.25) is 0 Å². The van der Waals surface area contributed by atoms with E-state index in [-0.39, 0.29) is 0 Å². The van der Waals surface area contributed by atoms with E-state index in [9.17, 15) is 0 Å². The van der Waals surface area contributed by atoms with Crippen molar-refractivity contribution in [2.75, 3.05) is 26.2 Å². The average Bonchev–Trinajstić information content (AvgIpc) is 2.75. The molecular formula is C28H52NO+. The van der Waals surface area contributed by atoms with Crippen LogP contribution >= 0.6 is 0 Å². The first kappa shape index (κ1) is 27.0. The first-order chi connectivity index (χ1) is 14.5. The molecule has 1 atom stereocenters. The van der Waals surface area contributed by atoms with Crippen LogP contribution < -0.4 is 4.74 Å². The van der Waals surface area contributed by atoms with Gasteiger partial charge in [-0.3, -0.25) is 0 Å². The molecule has 2 heteroatoms. The summed E-state index contributed by atoms with van der Waals surface area (Å²) in [6.07, 6.45) is 14.6. The normalized spacial score (nSPS) is 13.9. The number of ether oxygens (including phenoxy) is 1. The minimum atomic E-state index is 0.355. The van der Waals surface area contributed by atoms with E-state index >= 15 is 0 Å². The van der Waals surface area contributed by atoms with Gasteiger partial charge in [0, 0.05) is 6.42 Å². The Morgan fingerprint density at radius 1 is 0.733 bits per heavy atom. The van der Waals surface area contributed by atoms with Gasteiger partial charge in [-0.15, -0.1) is 0 Å². The van der Waals surface area contributed by atoms with Crippen LogP contribution in [0.4, 0.5) is 0 Å². The summed E-state index contributed by atoms with van der Waals surface area (Å²) in [5.74, 6) is 0.990. The molecule has 0 spiro atoms. The summed E-state index contributed by atoms with van der Waals surface area (Å²) in [7, 11) is 0. The Kier molecular flexibility index (Phi) is 13.4. The van der Waals surface area contributed by atoms with E-state index in [2.05, 4.69) is 58.9 Å². The van der Waals surface area contributed by atoms with E-state index < -0.39 is 0 Å². The summed E-state index contributed by atoms with van der Waals surface area (Å²) in [6.45, 7) is 18.9. The van der Waals surface area contributed by atoms with Gasteiger partial charge in [-0.05, 0) is 70.1 Å².